The topological polar surface area (TPSA) is 19.4 Å². The van der Waals surface area contributed by atoms with Gasteiger partial charge in [-0.1, -0.05) is 17.7 Å². The van der Waals surface area contributed by atoms with Crippen molar-refractivity contribution in [1.82, 2.24) is 14.8 Å². The second-order valence-corrected chi connectivity index (χ2v) is 5.73. The summed E-state index contributed by atoms with van der Waals surface area (Å²) < 4.78 is 0. The van der Waals surface area contributed by atoms with Gasteiger partial charge in [-0.15, -0.1) is 0 Å². The Morgan fingerprint density at radius 3 is 3.06 bits per heavy atom. The van der Waals surface area contributed by atoms with Gasteiger partial charge in [-0.25, -0.2) is 4.98 Å². The van der Waals surface area contributed by atoms with Crippen molar-refractivity contribution in [3.63, 3.8) is 0 Å². The van der Waals surface area contributed by atoms with E-state index in [0.717, 1.165) is 18.2 Å². The third kappa shape index (κ3) is 2.68. The predicted octanol–water partition coefficient (Wildman–Crippen LogP) is 2.41. The van der Waals surface area contributed by atoms with Crippen LogP contribution in [0.25, 0.3) is 0 Å². The van der Waals surface area contributed by atoms with E-state index in [9.17, 15) is 0 Å². The van der Waals surface area contributed by atoms with E-state index in [4.69, 9.17) is 11.6 Å². The van der Waals surface area contributed by atoms with Crippen molar-refractivity contribution in [3.05, 3.63) is 29.0 Å². The zero-order chi connectivity index (χ0) is 12.4. The Balaban J connectivity index is 1.67. The highest BCUT2D eigenvalue weighted by atomic mass is 35.5. The van der Waals surface area contributed by atoms with Crippen LogP contribution in [-0.2, 0) is 6.54 Å². The molecule has 3 rings (SSSR count). The summed E-state index contributed by atoms with van der Waals surface area (Å²) in [7, 11) is 0. The SMILES string of the molecule is Clc1ncccc1CN1CCCN2CCCC2C1. The fraction of sp³-hybridized carbons (Fsp3) is 0.643. The lowest BCUT2D eigenvalue weighted by molar-refractivity contribution is 0.215. The monoisotopic (exact) mass is 265 g/mol. The first-order chi connectivity index (χ1) is 8.83. The van der Waals surface area contributed by atoms with E-state index in [0.29, 0.717) is 5.15 Å². The van der Waals surface area contributed by atoms with Crippen LogP contribution < -0.4 is 0 Å². The maximum absolute atomic E-state index is 6.15. The number of fused-ring (bicyclic) bond motifs is 1. The average Bonchev–Trinajstić information content (AvgIpc) is 2.71. The van der Waals surface area contributed by atoms with Gasteiger partial charge in [-0.2, -0.15) is 0 Å². The van der Waals surface area contributed by atoms with Crippen molar-refractivity contribution in [3.8, 4) is 0 Å². The molecular weight excluding hydrogens is 246 g/mol. The second-order valence-electron chi connectivity index (χ2n) is 5.37. The molecule has 18 heavy (non-hydrogen) atoms. The quantitative estimate of drug-likeness (QED) is 0.766. The Morgan fingerprint density at radius 1 is 1.28 bits per heavy atom. The largest absolute Gasteiger partial charge is 0.299 e. The molecule has 1 aromatic heterocycles. The van der Waals surface area contributed by atoms with Gasteiger partial charge in [0.25, 0.3) is 0 Å². The van der Waals surface area contributed by atoms with Gasteiger partial charge in [0.05, 0.1) is 0 Å². The van der Waals surface area contributed by atoms with Crippen LogP contribution in [0.5, 0.6) is 0 Å². The number of halogens is 1. The van der Waals surface area contributed by atoms with Crippen LogP contribution in [-0.4, -0.2) is 47.0 Å². The number of hydrogen-bond donors (Lipinski definition) is 0. The third-order valence-electron chi connectivity index (χ3n) is 4.12. The Hall–Kier alpha value is -0.640. The van der Waals surface area contributed by atoms with Crippen LogP contribution in [0, 0.1) is 0 Å². The molecule has 4 heteroatoms. The molecule has 1 atom stereocenters. The normalized spacial score (nSPS) is 25.9. The first kappa shape index (κ1) is 12.4. The molecule has 3 nitrogen and oxygen atoms in total. The van der Waals surface area contributed by atoms with Gasteiger partial charge >= 0.3 is 0 Å². The van der Waals surface area contributed by atoms with Crippen molar-refractivity contribution in [2.75, 3.05) is 26.2 Å². The Bertz CT molecular complexity index is 410. The number of pyridine rings is 1. The maximum atomic E-state index is 6.15. The van der Waals surface area contributed by atoms with Gasteiger partial charge in [0.15, 0.2) is 0 Å². The highest BCUT2D eigenvalue weighted by molar-refractivity contribution is 6.30. The zero-order valence-electron chi connectivity index (χ0n) is 10.7. The van der Waals surface area contributed by atoms with Crippen LogP contribution in [0.2, 0.25) is 5.15 Å². The molecule has 0 N–H and O–H groups in total. The van der Waals surface area contributed by atoms with Crippen molar-refractivity contribution in [2.45, 2.75) is 31.8 Å². The first-order valence-corrected chi connectivity index (χ1v) is 7.26. The fourth-order valence-electron chi connectivity index (χ4n) is 3.20. The average molecular weight is 266 g/mol. The van der Waals surface area contributed by atoms with Crippen molar-refractivity contribution >= 4 is 11.6 Å². The predicted molar refractivity (Wildman–Crippen MR) is 73.7 cm³/mol. The van der Waals surface area contributed by atoms with Crippen molar-refractivity contribution in [1.29, 1.82) is 0 Å². The molecule has 3 heterocycles. The van der Waals surface area contributed by atoms with Crippen LogP contribution >= 0.6 is 11.6 Å². The van der Waals surface area contributed by atoms with E-state index in [2.05, 4.69) is 20.9 Å². The summed E-state index contributed by atoms with van der Waals surface area (Å²) in [4.78, 5) is 9.36. The second kappa shape index (κ2) is 5.55. The van der Waals surface area contributed by atoms with Crippen molar-refractivity contribution in [2.24, 2.45) is 0 Å². The molecule has 0 amide bonds. The van der Waals surface area contributed by atoms with Gasteiger partial charge in [-0.3, -0.25) is 9.80 Å². The molecule has 0 spiro atoms. The molecule has 0 bridgehead atoms. The molecule has 2 saturated heterocycles. The standard InChI is InChI=1S/C14H20ClN3/c15-14-12(4-1-6-16-14)10-17-7-3-9-18-8-2-5-13(18)11-17/h1,4,6,13H,2-3,5,7-11H2. The lowest BCUT2D eigenvalue weighted by Gasteiger charge is -2.25. The maximum Gasteiger partial charge on any atom is 0.133 e. The molecule has 0 aliphatic carbocycles. The summed E-state index contributed by atoms with van der Waals surface area (Å²) in [6, 6.07) is 4.83. The zero-order valence-corrected chi connectivity index (χ0v) is 11.4. The molecule has 2 aliphatic heterocycles. The molecule has 2 aliphatic rings. The third-order valence-corrected chi connectivity index (χ3v) is 4.46. The summed E-state index contributed by atoms with van der Waals surface area (Å²) >= 11 is 6.15. The van der Waals surface area contributed by atoms with Gasteiger partial charge in [-0.05, 0) is 45.0 Å². The van der Waals surface area contributed by atoms with Gasteiger partial charge in [0, 0.05) is 30.9 Å². The van der Waals surface area contributed by atoms with Crippen LogP contribution in [0.3, 0.4) is 0 Å². The molecule has 0 aromatic carbocycles. The van der Waals surface area contributed by atoms with E-state index < -0.39 is 0 Å². The minimum Gasteiger partial charge on any atom is -0.299 e. The lowest BCUT2D eigenvalue weighted by atomic mass is 10.2. The Morgan fingerprint density at radius 2 is 2.17 bits per heavy atom. The molecular formula is C14H20ClN3. The van der Waals surface area contributed by atoms with Crippen LogP contribution in [0.4, 0.5) is 0 Å². The molecule has 98 valence electrons. The molecule has 1 aromatic rings. The summed E-state index contributed by atoms with van der Waals surface area (Å²) in [6.07, 6.45) is 5.75. The number of nitrogens with zero attached hydrogens (tertiary/aromatic N) is 3. The smallest absolute Gasteiger partial charge is 0.133 e. The summed E-state index contributed by atoms with van der Waals surface area (Å²) in [6.45, 7) is 5.87. The highest BCUT2D eigenvalue weighted by Crippen LogP contribution is 2.23. The van der Waals surface area contributed by atoms with Gasteiger partial charge < -0.3 is 0 Å². The van der Waals surface area contributed by atoms with Crippen LogP contribution in [0.1, 0.15) is 24.8 Å². The van der Waals surface area contributed by atoms with E-state index >= 15 is 0 Å². The number of rotatable bonds is 2. The minimum atomic E-state index is 0.657. The number of hydrogen-bond acceptors (Lipinski definition) is 3. The Kier molecular flexibility index (Phi) is 3.83. The van der Waals surface area contributed by atoms with E-state index in [1.807, 2.05) is 6.07 Å². The number of aromatic nitrogens is 1. The Labute approximate surface area is 114 Å². The summed E-state index contributed by atoms with van der Waals surface area (Å²) in [5, 5.41) is 0.657. The van der Waals surface area contributed by atoms with E-state index in [1.54, 1.807) is 6.20 Å². The lowest BCUT2D eigenvalue weighted by Crippen LogP contribution is -2.36. The first-order valence-electron chi connectivity index (χ1n) is 6.89. The molecule has 0 saturated carbocycles. The van der Waals surface area contributed by atoms with E-state index in [-0.39, 0.29) is 0 Å². The van der Waals surface area contributed by atoms with Crippen molar-refractivity contribution < 1.29 is 0 Å². The summed E-state index contributed by atoms with van der Waals surface area (Å²) in [5.41, 5.74) is 1.16. The van der Waals surface area contributed by atoms with Gasteiger partial charge in [0.1, 0.15) is 5.15 Å². The fourth-order valence-corrected chi connectivity index (χ4v) is 3.38. The molecule has 1 unspecified atom stereocenters. The minimum absolute atomic E-state index is 0.657. The molecule has 2 fully saturated rings. The highest BCUT2D eigenvalue weighted by Gasteiger charge is 2.28. The molecule has 0 radical (unpaired) electrons. The van der Waals surface area contributed by atoms with Gasteiger partial charge in [0.2, 0.25) is 0 Å². The summed E-state index contributed by atoms with van der Waals surface area (Å²) in [5.74, 6) is 0. The van der Waals surface area contributed by atoms with E-state index in [1.165, 1.54) is 45.4 Å². The van der Waals surface area contributed by atoms with Crippen LogP contribution in [0.15, 0.2) is 18.3 Å².